The summed E-state index contributed by atoms with van der Waals surface area (Å²) in [6.07, 6.45) is 7.03. The summed E-state index contributed by atoms with van der Waals surface area (Å²) in [6, 6.07) is 16.5. The van der Waals surface area contributed by atoms with Gasteiger partial charge in [0.1, 0.15) is 5.82 Å². The van der Waals surface area contributed by atoms with Crippen molar-refractivity contribution in [1.82, 2.24) is 4.98 Å². The van der Waals surface area contributed by atoms with E-state index < -0.39 is 0 Å². The molecule has 1 saturated carbocycles. The number of carbonyl (C=O) groups is 1. The third-order valence-electron chi connectivity index (χ3n) is 6.35. The molecule has 3 nitrogen and oxygen atoms in total. The number of carbonyl (C=O) groups excluding carboxylic acids is 1. The number of benzene rings is 2. The van der Waals surface area contributed by atoms with Gasteiger partial charge in [-0.15, -0.1) is 0 Å². The van der Waals surface area contributed by atoms with E-state index in [1.54, 1.807) is 12.1 Å². The minimum atomic E-state index is -0.294. The van der Waals surface area contributed by atoms with Crippen molar-refractivity contribution in [3.63, 3.8) is 0 Å². The number of hydrogen-bond donors (Lipinski definition) is 1. The fourth-order valence-corrected chi connectivity index (χ4v) is 4.81. The van der Waals surface area contributed by atoms with Gasteiger partial charge in [0.05, 0.1) is 5.52 Å². The van der Waals surface area contributed by atoms with Crippen LogP contribution in [-0.2, 0) is 4.79 Å². The molecule has 0 unspecified atom stereocenters. The minimum Gasteiger partial charge on any atom is -0.326 e. The van der Waals surface area contributed by atoms with Crippen LogP contribution in [0.1, 0.15) is 50.5 Å². The highest BCUT2D eigenvalue weighted by atomic mass is 19.1. The zero-order valence-corrected chi connectivity index (χ0v) is 16.8. The van der Waals surface area contributed by atoms with Crippen LogP contribution < -0.4 is 5.32 Å². The summed E-state index contributed by atoms with van der Waals surface area (Å²) >= 11 is 0. The maximum Gasteiger partial charge on any atom is 0.227 e. The zero-order valence-electron chi connectivity index (χ0n) is 16.8. The zero-order chi connectivity index (χ0) is 20.2. The number of nitrogens with one attached hydrogen (secondary N) is 1. The lowest BCUT2D eigenvalue weighted by Gasteiger charge is -2.33. The van der Waals surface area contributed by atoms with Gasteiger partial charge < -0.3 is 5.32 Å². The second-order valence-electron chi connectivity index (χ2n) is 8.04. The molecular formula is C25H27FN2O. The van der Waals surface area contributed by atoms with Crippen molar-refractivity contribution in [2.24, 2.45) is 11.8 Å². The van der Waals surface area contributed by atoms with Crippen molar-refractivity contribution in [3.05, 3.63) is 72.2 Å². The average molecular weight is 391 g/mol. The van der Waals surface area contributed by atoms with Gasteiger partial charge in [0.15, 0.2) is 0 Å². The van der Waals surface area contributed by atoms with E-state index in [9.17, 15) is 9.18 Å². The van der Waals surface area contributed by atoms with E-state index in [0.29, 0.717) is 17.5 Å². The molecule has 0 radical (unpaired) electrons. The first-order valence-corrected chi connectivity index (χ1v) is 10.6. The van der Waals surface area contributed by atoms with Gasteiger partial charge in [-0.25, -0.2) is 4.39 Å². The molecule has 4 heteroatoms. The molecule has 4 rings (SSSR count). The molecule has 0 spiro atoms. The van der Waals surface area contributed by atoms with Crippen LogP contribution in [0.3, 0.4) is 0 Å². The summed E-state index contributed by atoms with van der Waals surface area (Å²) in [5, 5.41) is 4.22. The van der Waals surface area contributed by atoms with E-state index in [4.69, 9.17) is 0 Å². The molecule has 1 atom stereocenters. The van der Waals surface area contributed by atoms with Gasteiger partial charge in [0.25, 0.3) is 0 Å². The molecule has 0 aliphatic heterocycles. The number of amides is 1. The van der Waals surface area contributed by atoms with Crippen molar-refractivity contribution in [3.8, 4) is 0 Å². The molecule has 2 aromatic carbocycles. The van der Waals surface area contributed by atoms with Crippen LogP contribution >= 0.6 is 0 Å². The SMILES string of the molecule is CC[C@@H](C(=O)Nc1ccc(F)cc1)[C@H]1CC[C@H](c2ccnc3ccccc32)CC1. The summed E-state index contributed by atoms with van der Waals surface area (Å²) in [5.41, 5.74) is 3.10. The summed E-state index contributed by atoms with van der Waals surface area (Å²) in [6.45, 7) is 2.08. The smallest absolute Gasteiger partial charge is 0.227 e. The highest BCUT2D eigenvalue weighted by Crippen LogP contribution is 2.41. The fourth-order valence-electron chi connectivity index (χ4n) is 4.81. The predicted molar refractivity (Wildman–Crippen MR) is 115 cm³/mol. The molecule has 150 valence electrons. The molecule has 0 bridgehead atoms. The Bertz CT molecular complexity index is 972. The molecule has 1 fully saturated rings. The predicted octanol–water partition coefficient (Wildman–Crippen LogP) is 6.31. The van der Waals surface area contributed by atoms with Crippen LogP contribution in [0.15, 0.2) is 60.8 Å². The summed E-state index contributed by atoms with van der Waals surface area (Å²) < 4.78 is 13.1. The Morgan fingerprint density at radius 3 is 2.52 bits per heavy atom. The molecule has 1 aromatic heterocycles. The van der Waals surface area contributed by atoms with E-state index >= 15 is 0 Å². The van der Waals surface area contributed by atoms with E-state index in [-0.39, 0.29) is 17.6 Å². The number of nitrogens with zero attached hydrogens (tertiary/aromatic N) is 1. The maximum atomic E-state index is 13.1. The van der Waals surface area contributed by atoms with Crippen molar-refractivity contribution in [2.75, 3.05) is 5.32 Å². The van der Waals surface area contributed by atoms with Gasteiger partial charge in [-0.1, -0.05) is 25.1 Å². The second-order valence-corrected chi connectivity index (χ2v) is 8.04. The third kappa shape index (κ3) is 4.31. The highest BCUT2D eigenvalue weighted by Gasteiger charge is 2.32. The van der Waals surface area contributed by atoms with Crippen molar-refractivity contribution in [1.29, 1.82) is 0 Å². The topological polar surface area (TPSA) is 42.0 Å². The molecule has 1 N–H and O–H groups in total. The van der Waals surface area contributed by atoms with E-state index in [0.717, 1.165) is 37.6 Å². The van der Waals surface area contributed by atoms with Crippen LogP contribution in [0, 0.1) is 17.7 Å². The lowest BCUT2D eigenvalue weighted by Crippen LogP contribution is -2.31. The van der Waals surface area contributed by atoms with E-state index in [1.165, 1.54) is 23.1 Å². The Morgan fingerprint density at radius 1 is 1.07 bits per heavy atom. The van der Waals surface area contributed by atoms with Crippen LogP contribution in [-0.4, -0.2) is 10.9 Å². The average Bonchev–Trinajstić information content (AvgIpc) is 2.76. The Morgan fingerprint density at radius 2 is 1.79 bits per heavy atom. The molecule has 1 amide bonds. The molecule has 3 aromatic rings. The summed E-state index contributed by atoms with van der Waals surface area (Å²) in [4.78, 5) is 17.3. The lowest BCUT2D eigenvalue weighted by atomic mass is 9.72. The monoisotopic (exact) mass is 390 g/mol. The van der Waals surface area contributed by atoms with Crippen LogP contribution in [0.2, 0.25) is 0 Å². The number of pyridine rings is 1. The summed E-state index contributed by atoms with van der Waals surface area (Å²) in [5.74, 6) is 0.672. The quantitative estimate of drug-likeness (QED) is 0.554. The number of aromatic nitrogens is 1. The van der Waals surface area contributed by atoms with Gasteiger partial charge in [-0.3, -0.25) is 9.78 Å². The molecule has 29 heavy (non-hydrogen) atoms. The Labute approximate surface area is 171 Å². The number of hydrogen-bond acceptors (Lipinski definition) is 2. The molecule has 1 aliphatic carbocycles. The first kappa shape index (κ1) is 19.6. The Balaban J connectivity index is 1.42. The minimum absolute atomic E-state index is 0.00446. The largest absolute Gasteiger partial charge is 0.326 e. The van der Waals surface area contributed by atoms with Crippen LogP contribution in [0.4, 0.5) is 10.1 Å². The first-order chi connectivity index (χ1) is 14.2. The number of para-hydroxylation sites is 1. The summed E-state index contributed by atoms with van der Waals surface area (Å²) in [7, 11) is 0. The maximum absolute atomic E-state index is 13.1. The standard InChI is InChI=1S/C25H27FN2O/c1-2-21(25(29)28-20-13-11-19(26)12-14-20)17-7-9-18(10-8-17)22-15-16-27-24-6-4-3-5-23(22)24/h3-6,11-18,21H,2,7-10H2,1H3,(H,28,29)/t17-,18-,21-/m1/s1. The Hall–Kier alpha value is -2.75. The van der Waals surface area contributed by atoms with Gasteiger partial charge in [-0.05, 0) is 85.9 Å². The number of fused-ring (bicyclic) bond motifs is 1. The molecule has 1 aliphatic rings. The van der Waals surface area contributed by atoms with Gasteiger partial charge in [0.2, 0.25) is 5.91 Å². The molecule has 1 heterocycles. The van der Waals surface area contributed by atoms with Gasteiger partial charge in [0, 0.05) is 23.2 Å². The number of rotatable bonds is 5. The number of anilines is 1. The van der Waals surface area contributed by atoms with Gasteiger partial charge in [-0.2, -0.15) is 0 Å². The second kappa shape index (κ2) is 8.73. The number of halogens is 1. The third-order valence-corrected chi connectivity index (χ3v) is 6.35. The van der Waals surface area contributed by atoms with Gasteiger partial charge >= 0.3 is 0 Å². The van der Waals surface area contributed by atoms with Crippen LogP contribution in [0.25, 0.3) is 10.9 Å². The Kier molecular flexibility index (Phi) is 5.89. The van der Waals surface area contributed by atoms with E-state index in [2.05, 4.69) is 41.5 Å². The molecule has 0 saturated heterocycles. The van der Waals surface area contributed by atoms with Crippen LogP contribution in [0.5, 0.6) is 0 Å². The fraction of sp³-hybridized carbons (Fsp3) is 0.360. The van der Waals surface area contributed by atoms with Crippen molar-refractivity contribution >= 4 is 22.5 Å². The highest BCUT2D eigenvalue weighted by molar-refractivity contribution is 5.92. The van der Waals surface area contributed by atoms with Crippen molar-refractivity contribution in [2.45, 2.75) is 44.9 Å². The first-order valence-electron chi connectivity index (χ1n) is 10.6. The normalized spacial score (nSPS) is 20.3. The van der Waals surface area contributed by atoms with Crippen molar-refractivity contribution < 1.29 is 9.18 Å². The lowest BCUT2D eigenvalue weighted by molar-refractivity contribution is -0.122. The molecular weight excluding hydrogens is 363 g/mol. The van der Waals surface area contributed by atoms with E-state index in [1.807, 2.05) is 12.3 Å².